The highest BCUT2D eigenvalue weighted by Crippen LogP contribution is 2.43. The molecule has 1 saturated heterocycles. The summed E-state index contributed by atoms with van der Waals surface area (Å²) in [6, 6.07) is 20.2. The van der Waals surface area contributed by atoms with E-state index in [0.717, 1.165) is 73.8 Å². The standard InChI is InChI=1S/C44H52ClF3N6O4S3/c1-4-33(28-59-35-8-6-5-7-9-35)51-39-15-14-36(24-41(39)60(55,56)44(46,47)48)61(57,58)52-42-38-19-23-54(27-40(38)49-29-50-42)34-17-21-53(22-18-34)26-31-25-43(2,3)20-16-37(31)30-10-12-32(45)13-11-30/h5-15,24,29,33-34,51H,4,16-23,25-28H2,1-3H3,(H,49,50,52). The number of halogens is 4. The second-order valence-corrected chi connectivity index (χ2v) is 22.0. The van der Waals surface area contributed by atoms with Gasteiger partial charge in [0.25, 0.3) is 19.9 Å². The molecule has 0 spiro atoms. The van der Waals surface area contributed by atoms with Gasteiger partial charge in [-0.3, -0.25) is 14.5 Å². The summed E-state index contributed by atoms with van der Waals surface area (Å²) in [5.74, 6) is 0.443. The van der Waals surface area contributed by atoms with Crippen LogP contribution in [0, 0.1) is 5.41 Å². The number of alkyl halides is 3. The fourth-order valence-corrected chi connectivity index (χ4v) is 11.8. The maximum absolute atomic E-state index is 14.0. The summed E-state index contributed by atoms with van der Waals surface area (Å²) < 4.78 is 97.9. The number of hydrogen-bond acceptors (Lipinski definition) is 10. The van der Waals surface area contributed by atoms with Crippen LogP contribution in [0.5, 0.6) is 0 Å². The van der Waals surface area contributed by atoms with E-state index >= 15 is 0 Å². The van der Waals surface area contributed by atoms with Gasteiger partial charge in [-0.05, 0) is 117 Å². The Morgan fingerprint density at radius 1 is 0.951 bits per heavy atom. The van der Waals surface area contributed by atoms with E-state index in [4.69, 9.17) is 11.6 Å². The minimum atomic E-state index is -5.95. The average molecular weight is 918 g/mol. The Morgan fingerprint density at radius 2 is 1.67 bits per heavy atom. The van der Waals surface area contributed by atoms with Crippen LogP contribution in [0.1, 0.15) is 76.1 Å². The first-order chi connectivity index (χ1) is 28.9. The molecule has 10 nitrogen and oxygen atoms in total. The van der Waals surface area contributed by atoms with Gasteiger partial charge in [-0.25, -0.2) is 26.8 Å². The summed E-state index contributed by atoms with van der Waals surface area (Å²) in [7, 11) is -10.5. The summed E-state index contributed by atoms with van der Waals surface area (Å²) >= 11 is 7.67. The second-order valence-electron chi connectivity index (χ2n) is 16.9. The molecule has 17 heteroatoms. The summed E-state index contributed by atoms with van der Waals surface area (Å²) in [5.41, 5.74) is -0.294. The summed E-state index contributed by atoms with van der Waals surface area (Å²) in [6.45, 7) is 10.5. The highest BCUT2D eigenvalue weighted by molar-refractivity contribution is 7.99. The van der Waals surface area contributed by atoms with Crippen LogP contribution in [0.4, 0.5) is 24.7 Å². The third-order valence-electron chi connectivity index (χ3n) is 12.0. The Labute approximate surface area is 366 Å². The fraction of sp³-hybridized carbons (Fsp3) is 0.455. The topological polar surface area (TPSA) is 125 Å². The Bertz CT molecular complexity index is 2450. The number of anilines is 2. The number of fused-ring (bicyclic) bond motifs is 1. The predicted molar refractivity (Wildman–Crippen MR) is 237 cm³/mol. The van der Waals surface area contributed by atoms with Gasteiger partial charge in [-0.2, -0.15) is 13.2 Å². The molecule has 1 aliphatic carbocycles. The molecule has 328 valence electrons. The largest absolute Gasteiger partial charge is 0.501 e. The van der Waals surface area contributed by atoms with Gasteiger partial charge in [-0.1, -0.05) is 68.3 Å². The van der Waals surface area contributed by atoms with Crippen molar-refractivity contribution in [2.75, 3.05) is 42.0 Å². The zero-order valence-corrected chi connectivity index (χ0v) is 37.7. The molecule has 4 aromatic rings. The molecule has 1 unspecified atom stereocenters. The molecule has 61 heavy (non-hydrogen) atoms. The number of sulfonamides is 1. The molecule has 3 aliphatic rings. The lowest BCUT2D eigenvalue weighted by Crippen LogP contribution is -2.47. The van der Waals surface area contributed by atoms with Crippen molar-refractivity contribution < 1.29 is 30.0 Å². The molecule has 3 aromatic carbocycles. The highest BCUT2D eigenvalue weighted by Gasteiger charge is 2.48. The third-order valence-corrected chi connectivity index (χ3v) is 16.3. The van der Waals surface area contributed by atoms with Gasteiger partial charge < -0.3 is 5.32 Å². The smallest absolute Gasteiger partial charge is 0.380 e. The first-order valence-corrected chi connectivity index (χ1v) is 24.9. The van der Waals surface area contributed by atoms with E-state index in [1.54, 1.807) is 0 Å². The van der Waals surface area contributed by atoms with Crippen molar-refractivity contribution in [1.82, 2.24) is 19.8 Å². The number of hydrogen-bond donors (Lipinski definition) is 2. The number of likely N-dealkylation sites (tertiary alicyclic amines) is 1. The lowest BCUT2D eigenvalue weighted by molar-refractivity contribution is -0.0435. The van der Waals surface area contributed by atoms with E-state index in [9.17, 15) is 30.0 Å². The molecule has 7 rings (SSSR count). The van der Waals surface area contributed by atoms with Crippen molar-refractivity contribution in [2.45, 2.75) is 105 Å². The molecular formula is C44H52ClF3N6O4S3. The molecule has 0 saturated carbocycles. The first kappa shape index (κ1) is 45.4. The Morgan fingerprint density at radius 3 is 2.36 bits per heavy atom. The number of thioether (sulfide) groups is 1. The van der Waals surface area contributed by atoms with Crippen molar-refractivity contribution in [2.24, 2.45) is 5.41 Å². The predicted octanol–water partition coefficient (Wildman–Crippen LogP) is 9.69. The van der Waals surface area contributed by atoms with Crippen LogP contribution in [0.15, 0.2) is 99.4 Å². The van der Waals surface area contributed by atoms with E-state index in [1.165, 1.54) is 34.8 Å². The number of nitrogens with one attached hydrogen (secondary N) is 2. The van der Waals surface area contributed by atoms with Gasteiger partial charge in [0.05, 0.1) is 16.3 Å². The van der Waals surface area contributed by atoms with Crippen LogP contribution in [0.2, 0.25) is 5.02 Å². The van der Waals surface area contributed by atoms with Crippen molar-refractivity contribution >= 4 is 60.3 Å². The van der Waals surface area contributed by atoms with Crippen LogP contribution in [-0.4, -0.2) is 86.1 Å². The first-order valence-electron chi connectivity index (χ1n) is 20.6. The molecular weight excluding hydrogens is 865 g/mol. The molecule has 0 bridgehead atoms. The van der Waals surface area contributed by atoms with E-state index < -0.39 is 41.2 Å². The van der Waals surface area contributed by atoms with Crippen molar-refractivity contribution in [1.29, 1.82) is 0 Å². The molecule has 2 N–H and O–H groups in total. The van der Waals surface area contributed by atoms with E-state index in [0.29, 0.717) is 55.0 Å². The molecule has 1 atom stereocenters. The minimum Gasteiger partial charge on any atom is -0.380 e. The van der Waals surface area contributed by atoms with Crippen molar-refractivity contribution in [3.05, 3.63) is 107 Å². The van der Waals surface area contributed by atoms with Gasteiger partial charge in [-0.15, -0.1) is 11.8 Å². The van der Waals surface area contributed by atoms with Gasteiger partial charge in [0.15, 0.2) is 0 Å². The SMILES string of the molecule is CCC(CSc1ccccc1)Nc1ccc(S(=O)(=O)Nc2ncnc3c2CCN(C2CCN(CC4=C(c5ccc(Cl)cc5)CCC(C)(C)C4)CC2)C3)cc1S(=O)(=O)C(F)(F)F. The number of aromatic nitrogens is 2. The zero-order valence-electron chi connectivity index (χ0n) is 34.5. The quantitative estimate of drug-likeness (QED) is 0.118. The van der Waals surface area contributed by atoms with Crippen LogP contribution in [-0.2, 0) is 32.8 Å². The normalized spacial score (nSPS) is 18.7. The Kier molecular flexibility index (Phi) is 13.8. The molecule has 3 heterocycles. The molecule has 0 amide bonds. The molecule has 1 fully saturated rings. The summed E-state index contributed by atoms with van der Waals surface area (Å²) in [6.07, 6.45) is 7.40. The monoisotopic (exact) mass is 916 g/mol. The number of piperidine rings is 1. The molecule has 2 aliphatic heterocycles. The van der Waals surface area contributed by atoms with Crippen LogP contribution in [0.25, 0.3) is 5.57 Å². The maximum Gasteiger partial charge on any atom is 0.501 e. The molecule has 0 radical (unpaired) electrons. The van der Waals surface area contributed by atoms with E-state index in [2.05, 4.69) is 55.8 Å². The fourth-order valence-electron chi connectivity index (χ4n) is 8.57. The number of nitrogens with zero attached hydrogens (tertiary/aromatic N) is 4. The van der Waals surface area contributed by atoms with Crippen LogP contribution >= 0.6 is 23.4 Å². The Balaban J connectivity index is 1.03. The Hall–Kier alpha value is -3.67. The number of benzene rings is 3. The van der Waals surface area contributed by atoms with Crippen molar-refractivity contribution in [3.8, 4) is 0 Å². The van der Waals surface area contributed by atoms with Gasteiger partial charge >= 0.3 is 5.51 Å². The lowest BCUT2D eigenvalue weighted by atomic mass is 9.72. The van der Waals surface area contributed by atoms with E-state index in [-0.39, 0.29) is 16.9 Å². The van der Waals surface area contributed by atoms with Crippen molar-refractivity contribution in [3.63, 3.8) is 0 Å². The van der Waals surface area contributed by atoms with Crippen LogP contribution < -0.4 is 10.0 Å². The number of sulfone groups is 1. The molecule has 1 aromatic heterocycles. The lowest BCUT2D eigenvalue weighted by Gasteiger charge is -2.42. The summed E-state index contributed by atoms with van der Waals surface area (Å²) in [4.78, 5) is 12.8. The second kappa shape index (κ2) is 18.6. The number of allylic oxidation sites excluding steroid dienone is 1. The minimum absolute atomic E-state index is 0.0195. The third kappa shape index (κ3) is 10.8. The van der Waals surface area contributed by atoms with E-state index in [1.807, 2.05) is 49.4 Å². The maximum atomic E-state index is 14.0. The van der Waals surface area contributed by atoms with Gasteiger partial charge in [0.2, 0.25) is 0 Å². The highest BCUT2D eigenvalue weighted by atomic mass is 35.5. The average Bonchev–Trinajstić information content (AvgIpc) is 3.22. The van der Waals surface area contributed by atoms with Crippen LogP contribution in [0.3, 0.4) is 0 Å². The van der Waals surface area contributed by atoms with Gasteiger partial charge in [0.1, 0.15) is 17.0 Å². The zero-order chi connectivity index (χ0) is 43.6. The number of rotatable bonds is 14. The summed E-state index contributed by atoms with van der Waals surface area (Å²) in [5, 5.41) is 3.67. The van der Waals surface area contributed by atoms with Gasteiger partial charge in [0, 0.05) is 53.0 Å².